The zero-order chi connectivity index (χ0) is 20.9. The summed E-state index contributed by atoms with van der Waals surface area (Å²) < 4.78 is 6.05. The Morgan fingerprint density at radius 1 is 0.867 bits per heavy atom. The Balaban J connectivity index is 1.70. The van der Waals surface area contributed by atoms with Gasteiger partial charge in [-0.3, -0.25) is 9.59 Å². The summed E-state index contributed by atoms with van der Waals surface area (Å²) in [6.45, 7) is 0. The van der Waals surface area contributed by atoms with Crippen LogP contribution in [0.5, 0.6) is 0 Å². The van der Waals surface area contributed by atoms with Crippen LogP contribution in [0.25, 0.3) is 16.8 Å². The van der Waals surface area contributed by atoms with Crippen molar-refractivity contribution < 1.29 is 14.0 Å². The van der Waals surface area contributed by atoms with E-state index in [0.717, 1.165) is 20.8 Å². The predicted octanol–water partition coefficient (Wildman–Crippen LogP) is 5.60. The highest BCUT2D eigenvalue weighted by Gasteiger charge is 2.17. The average Bonchev–Trinajstić information content (AvgIpc) is 3.30. The van der Waals surface area contributed by atoms with Crippen molar-refractivity contribution in [1.82, 2.24) is 5.32 Å². The topological polar surface area (TPSA) is 71.3 Å². The van der Waals surface area contributed by atoms with Crippen LogP contribution < -0.4 is 10.6 Å². The first kappa shape index (κ1) is 19.7. The second-order valence-corrected chi connectivity index (χ2v) is 7.43. The molecule has 0 aliphatic carbocycles. The summed E-state index contributed by atoms with van der Waals surface area (Å²) in [6.07, 6.45) is 3.07. The maximum absolute atomic E-state index is 13.0. The maximum atomic E-state index is 13.0. The molecule has 2 N–H and O–H groups in total. The quantitative estimate of drug-likeness (QED) is 0.380. The molecule has 0 aliphatic heterocycles. The van der Waals surface area contributed by atoms with Crippen molar-refractivity contribution in [3.05, 3.63) is 107 Å². The van der Waals surface area contributed by atoms with E-state index in [1.54, 1.807) is 24.3 Å². The number of nitrogens with one attached hydrogen (secondary N) is 2. The highest BCUT2D eigenvalue weighted by Crippen LogP contribution is 2.21. The van der Waals surface area contributed by atoms with Crippen LogP contribution in [0.2, 0.25) is 0 Å². The maximum Gasteiger partial charge on any atom is 0.291 e. The summed E-state index contributed by atoms with van der Waals surface area (Å²) in [7, 11) is 0. The molecule has 0 saturated heterocycles. The van der Waals surface area contributed by atoms with Gasteiger partial charge in [-0.2, -0.15) is 0 Å². The van der Waals surface area contributed by atoms with Crippen molar-refractivity contribution in [3.8, 4) is 0 Å². The molecule has 0 fully saturated rings. The van der Waals surface area contributed by atoms with Gasteiger partial charge in [0.2, 0.25) is 0 Å². The molecular weight excluding hydrogens is 444 g/mol. The fourth-order valence-electron chi connectivity index (χ4n) is 3.01. The number of hydrogen-bond acceptors (Lipinski definition) is 3. The van der Waals surface area contributed by atoms with E-state index in [-0.39, 0.29) is 11.5 Å². The number of rotatable bonds is 5. The molecule has 148 valence electrons. The number of benzene rings is 3. The SMILES string of the molecule is O=C(Nc1ccc(Br)cc1)/C(=C/c1cccc2ccccc12)NC(=O)c1ccco1. The molecule has 0 spiro atoms. The lowest BCUT2D eigenvalue weighted by Gasteiger charge is -2.11. The number of carbonyl (C=O) groups excluding carboxylic acids is 2. The molecule has 1 aromatic heterocycles. The van der Waals surface area contributed by atoms with Crippen LogP contribution in [0.3, 0.4) is 0 Å². The molecule has 1 heterocycles. The summed E-state index contributed by atoms with van der Waals surface area (Å²) in [5.74, 6) is -0.821. The van der Waals surface area contributed by atoms with Crippen LogP contribution in [0.15, 0.2) is 99.7 Å². The molecule has 0 saturated carbocycles. The van der Waals surface area contributed by atoms with Crippen molar-refractivity contribution in [2.75, 3.05) is 5.32 Å². The summed E-state index contributed by atoms with van der Waals surface area (Å²) in [6, 6.07) is 24.0. The van der Waals surface area contributed by atoms with Gasteiger partial charge in [0.05, 0.1) is 6.26 Å². The Kier molecular flexibility index (Phi) is 5.77. The van der Waals surface area contributed by atoms with Crippen LogP contribution >= 0.6 is 15.9 Å². The Hall–Kier alpha value is -3.64. The molecule has 0 radical (unpaired) electrons. The minimum absolute atomic E-state index is 0.107. The molecule has 4 rings (SSSR count). The molecule has 3 aromatic carbocycles. The van der Waals surface area contributed by atoms with Gasteiger partial charge in [0.1, 0.15) is 5.70 Å². The van der Waals surface area contributed by atoms with Crippen molar-refractivity contribution in [1.29, 1.82) is 0 Å². The van der Waals surface area contributed by atoms with Crippen molar-refractivity contribution in [2.45, 2.75) is 0 Å². The van der Waals surface area contributed by atoms with Crippen LogP contribution in [0, 0.1) is 0 Å². The molecule has 5 nitrogen and oxygen atoms in total. The largest absolute Gasteiger partial charge is 0.459 e. The summed E-state index contributed by atoms with van der Waals surface area (Å²) >= 11 is 3.37. The molecule has 0 aliphatic rings. The van der Waals surface area contributed by atoms with Crippen LogP contribution in [0.4, 0.5) is 5.69 Å². The van der Waals surface area contributed by atoms with Crippen molar-refractivity contribution in [3.63, 3.8) is 0 Å². The smallest absolute Gasteiger partial charge is 0.291 e. The Morgan fingerprint density at radius 2 is 1.63 bits per heavy atom. The minimum atomic E-state index is -0.502. The Bertz CT molecular complexity index is 1220. The molecule has 0 bridgehead atoms. The Morgan fingerprint density at radius 3 is 2.40 bits per heavy atom. The van der Waals surface area contributed by atoms with E-state index in [4.69, 9.17) is 4.42 Å². The fourth-order valence-corrected chi connectivity index (χ4v) is 3.28. The third-order valence-corrected chi connectivity index (χ3v) is 4.99. The van der Waals surface area contributed by atoms with Gasteiger partial charge in [0.25, 0.3) is 11.8 Å². The van der Waals surface area contributed by atoms with Gasteiger partial charge >= 0.3 is 0 Å². The van der Waals surface area contributed by atoms with Gasteiger partial charge in [0.15, 0.2) is 5.76 Å². The average molecular weight is 461 g/mol. The highest BCUT2D eigenvalue weighted by molar-refractivity contribution is 9.10. The van der Waals surface area contributed by atoms with Gasteiger partial charge in [-0.15, -0.1) is 0 Å². The number of carbonyl (C=O) groups is 2. The number of halogens is 1. The predicted molar refractivity (Wildman–Crippen MR) is 121 cm³/mol. The summed E-state index contributed by atoms with van der Waals surface area (Å²) in [4.78, 5) is 25.5. The zero-order valence-corrected chi connectivity index (χ0v) is 17.3. The first-order valence-corrected chi connectivity index (χ1v) is 10.0. The van der Waals surface area contributed by atoms with Crippen LogP contribution in [-0.4, -0.2) is 11.8 Å². The summed E-state index contributed by atoms with van der Waals surface area (Å²) in [5, 5.41) is 7.50. The van der Waals surface area contributed by atoms with E-state index >= 15 is 0 Å². The monoisotopic (exact) mass is 460 g/mol. The number of amides is 2. The summed E-state index contributed by atoms with van der Waals surface area (Å²) in [5.41, 5.74) is 1.53. The molecule has 6 heteroatoms. The number of furan rings is 1. The van der Waals surface area contributed by atoms with Crippen molar-refractivity contribution in [2.24, 2.45) is 0 Å². The molecular formula is C24H17BrN2O3. The standard InChI is InChI=1S/C24H17BrN2O3/c25-18-10-12-19(13-11-18)26-23(28)21(27-24(29)22-9-4-14-30-22)15-17-7-3-6-16-5-1-2-8-20(16)17/h1-15H,(H,26,28)(H,27,29)/b21-15-. The minimum Gasteiger partial charge on any atom is -0.459 e. The van der Waals surface area contributed by atoms with E-state index < -0.39 is 11.8 Å². The number of fused-ring (bicyclic) bond motifs is 1. The van der Waals surface area contributed by atoms with Gasteiger partial charge in [-0.05, 0) is 58.8 Å². The molecule has 30 heavy (non-hydrogen) atoms. The normalized spacial score (nSPS) is 11.3. The van der Waals surface area contributed by atoms with E-state index in [9.17, 15) is 9.59 Å². The van der Waals surface area contributed by atoms with E-state index in [1.807, 2.05) is 54.6 Å². The first-order chi connectivity index (χ1) is 14.6. The third-order valence-electron chi connectivity index (χ3n) is 4.46. The zero-order valence-electron chi connectivity index (χ0n) is 15.8. The molecule has 2 amide bonds. The molecule has 0 unspecified atom stereocenters. The Labute approximate surface area is 181 Å². The third kappa shape index (κ3) is 4.50. The van der Waals surface area contributed by atoms with Gasteiger partial charge in [-0.25, -0.2) is 0 Å². The van der Waals surface area contributed by atoms with Crippen LogP contribution in [-0.2, 0) is 4.79 Å². The fraction of sp³-hybridized carbons (Fsp3) is 0. The van der Waals surface area contributed by atoms with E-state index in [1.165, 1.54) is 12.3 Å². The van der Waals surface area contributed by atoms with Crippen molar-refractivity contribution >= 4 is 50.3 Å². The number of anilines is 1. The van der Waals surface area contributed by atoms with E-state index in [2.05, 4.69) is 26.6 Å². The lowest BCUT2D eigenvalue weighted by Crippen LogP contribution is -2.30. The second kappa shape index (κ2) is 8.80. The lowest BCUT2D eigenvalue weighted by atomic mass is 10.0. The first-order valence-electron chi connectivity index (χ1n) is 9.21. The number of hydrogen-bond donors (Lipinski definition) is 2. The molecule has 0 atom stereocenters. The lowest BCUT2D eigenvalue weighted by molar-refractivity contribution is -0.113. The second-order valence-electron chi connectivity index (χ2n) is 6.52. The van der Waals surface area contributed by atoms with E-state index in [0.29, 0.717) is 5.69 Å². The van der Waals surface area contributed by atoms with Gasteiger partial charge in [-0.1, -0.05) is 58.4 Å². The van der Waals surface area contributed by atoms with Gasteiger partial charge < -0.3 is 15.1 Å². The molecule has 4 aromatic rings. The van der Waals surface area contributed by atoms with Gasteiger partial charge in [0, 0.05) is 10.2 Å². The van der Waals surface area contributed by atoms with Crippen LogP contribution in [0.1, 0.15) is 16.1 Å². The highest BCUT2D eigenvalue weighted by atomic mass is 79.9.